The molecule has 1 atom stereocenters. The van der Waals surface area contributed by atoms with E-state index in [0.29, 0.717) is 23.3 Å². The molecule has 4 rings (SSSR count). The zero-order valence-corrected chi connectivity index (χ0v) is 20.2. The Morgan fingerprint density at radius 3 is 2.83 bits per heavy atom. The second-order valence-corrected chi connectivity index (χ2v) is 9.05. The molecule has 0 spiro atoms. The quantitative estimate of drug-likeness (QED) is 0.301. The molecule has 36 heavy (non-hydrogen) atoms. The van der Waals surface area contributed by atoms with Crippen LogP contribution in [-0.4, -0.2) is 69.6 Å². The fourth-order valence-electron chi connectivity index (χ4n) is 4.49. The number of hydrogen-bond acceptors (Lipinski definition) is 7. The van der Waals surface area contributed by atoms with Crippen LogP contribution in [0.1, 0.15) is 36.9 Å². The summed E-state index contributed by atoms with van der Waals surface area (Å²) in [5.41, 5.74) is 2.93. The predicted molar refractivity (Wildman–Crippen MR) is 136 cm³/mol. The van der Waals surface area contributed by atoms with Crippen LogP contribution in [0.5, 0.6) is 0 Å². The summed E-state index contributed by atoms with van der Waals surface area (Å²) in [5, 5.41) is 16.7. The molecule has 0 bridgehead atoms. The molecule has 0 amide bonds. The van der Waals surface area contributed by atoms with E-state index < -0.39 is 18.4 Å². The van der Waals surface area contributed by atoms with Crippen molar-refractivity contribution < 1.29 is 18.7 Å². The third kappa shape index (κ3) is 7.07. The monoisotopic (exact) mass is 498 g/mol. The number of nitrogens with one attached hydrogen (secondary N) is 2. The first-order valence-corrected chi connectivity index (χ1v) is 12.4. The Morgan fingerprint density at radius 2 is 2.00 bits per heavy atom. The van der Waals surface area contributed by atoms with Gasteiger partial charge in [-0.15, -0.1) is 0 Å². The van der Waals surface area contributed by atoms with Crippen molar-refractivity contribution in [1.82, 2.24) is 19.9 Å². The summed E-state index contributed by atoms with van der Waals surface area (Å²) in [4.78, 5) is 26.6. The molecule has 2 aromatic heterocycles. The lowest BCUT2D eigenvalue weighted by Gasteiger charge is -2.24. The van der Waals surface area contributed by atoms with Gasteiger partial charge in [-0.3, -0.25) is 4.90 Å². The number of carbonyl (C=O) groups is 1. The van der Waals surface area contributed by atoms with Gasteiger partial charge in [-0.2, -0.15) is 0 Å². The van der Waals surface area contributed by atoms with Crippen molar-refractivity contribution in [3.05, 3.63) is 54.0 Å². The normalized spacial score (nSPS) is 14.0. The molecule has 0 unspecified atom stereocenters. The largest absolute Gasteiger partial charge is 0.480 e. The number of alkyl halides is 2. The fourth-order valence-corrected chi connectivity index (χ4v) is 4.49. The molecule has 0 radical (unpaired) electrons. The standard InChI is InChI=1S/C26H32F2N6O2/c27-23(28)16-34(14-4-3-7-19-11-10-18-6-5-13-29-24(18)32-19)15-12-22(26(35)36)33-25-20-8-1-2-9-21(20)30-17-31-25/h1-2,8-11,17,22-23H,3-7,12-16H2,(H,29,32)(H,35,36)(H,30,31,33)/t22-/m0/s1. The fraction of sp³-hybridized carbons (Fsp3) is 0.462. The van der Waals surface area contributed by atoms with Gasteiger partial charge in [0.2, 0.25) is 0 Å². The van der Waals surface area contributed by atoms with Gasteiger partial charge in [0.15, 0.2) is 0 Å². The highest BCUT2D eigenvalue weighted by molar-refractivity contribution is 5.90. The molecule has 0 fully saturated rings. The van der Waals surface area contributed by atoms with Crippen LogP contribution in [0, 0.1) is 0 Å². The zero-order valence-electron chi connectivity index (χ0n) is 20.2. The van der Waals surface area contributed by atoms with Crippen LogP contribution in [-0.2, 0) is 17.6 Å². The molecule has 1 aromatic carbocycles. The highest BCUT2D eigenvalue weighted by Gasteiger charge is 2.21. The Hall–Kier alpha value is -3.40. The smallest absolute Gasteiger partial charge is 0.326 e. The Kier molecular flexibility index (Phi) is 8.94. The van der Waals surface area contributed by atoms with Gasteiger partial charge < -0.3 is 15.7 Å². The van der Waals surface area contributed by atoms with Crippen molar-refractivity contribution in [2.24, 2.45) is 0 Å². The highest BCUT2D eigenvalue weighted by Crippen LogP contribution is 2.21. The van der Waals surface area contributed by atoms with E-state index in [1.807, 2.05) is 30.3 Å². The molecule has 192 valence electrons. The van der Waals surface area contributed by atoms with Crippen molar-refractivity contribution in [2.45, 2.75) is 51.0 Å². The van der Waals surface area contributed by atoms with Crippen molar-refractivity contribution in [2.75, 3.05) is 36.8 Å². The Morgan fingerprint density at radius 1 is 1.14 bits per heavy atom. The van der Waals surface area contributed by atoms with Gasteiger partial charge in [0.25, 0.3) is 6.43 Å². The molecule has 3 N–H and O–H groups in total. The number of aryl methyl sites for hydroxylation is 2. The maximum absolute atomic E-state index is 13.2. The van der Waals surface area contributed by atoms with E-state index in [9.17, 15) is 18.7 Å². The molecular weight excluding hydrogens is 466 g/mol. The summed E-state index contributed by atoms with van der Waals surface area (Å²) in [6.45, 7) is 1.25. The molecule has 0 saturated heterocycles. The lowest BCUT2D eigenvalue weighted by molar-refractivity contribution is -0.138. The summed E-state index contributed by atoms with van der Waals surface area (Å²) in [6, 6.07) is 10.5. The van der Waals surface area contributed by atoms with Crippen LogP contribution in [0.2, 0.25) is 0 Å². The summed E-state index contributed by atoms with van der Waals surface area (Å²) >= 11 is 0. The topological polar surface area (TPSA) is 103 Å². The van der Waals surface area contributed by atoms with E-state index in [1.54, 1.807) is 4.90 Å². The number of nitrogens with zero attached hydrogens (tertiary/aromatic N) is 4. The number of fused-ring (bicyclic) bond motifs is 2. The molecule has 10 heteroatoms. The van der Waals surface area contributed by atoms with Gasteiger partial charge in [-0.05, 0) is 68.8 Å². The maximum Gasteiger partial charge on any atom is 0.326 e. The molecule has 0 aliphatic carbocycles. The molecule has 3 aromatic rings. The van der Waals surface area contributed by atoms with Gasteiger partial charge in [0, 0.05) is 24.2 Å². The number of rotatable bonds is 13. The molecule has 1 aliphatic heterocycles. The van der Waals surface area contributed by atoms with Crippen LogP contribution < -0.4 is 10.6 Å². The lowest BCUT2D eigenvalue weighted by Crippen LogP contribution is -2.37. The lowest BCUT2D eigenvalue weighted by atomic mass is 10.1. The predicted octanol–water partition coefficient (Wildman–Crippen LogP) is 4.23. The maximum atomic E-state index is 13.2. The second kappa shape index (κ2) is 12.5. The third-order valence-corrected chi connectivity index (χ3v) is 6.39. The van der Waals surface area contributed by atoms with E-state index in [1.165, 1.54) is 11.9 Å². The summed E-state index contributed by atoms with van der Waals surface area (Å²) < 4.78 is 26.4. The number of carboxylic acid groups (broad SMARTS) is 1. The van der Waals surface area contributed by atoms with Crippen LogP contribution in [0.15, 0.2) is 42.7 Å². The van der Waals surface area contributed by atoms with Crippen molar-refractivity contribution in [1.29, 1.82) is 0 Å². The first kappa shape index (κ1) is 25.7. The van der Waals surface area contributed by atoms with Crippen molar-refractivity contribution >= 4 is 28.5 Å². The highest BCUT2D eigenvalue weighted by atomic mass is 19.3. The number of unbranched alkanes of at least 4 members (excludes halogenated alkanes) is 1. The first-order valence-electron chi connectivity index (χ1n) is 12.4. The second-order valence-electron chi connectivity index (χ2n) is 9.05. The number of benzene rings is 1. The average molecular weight is 499 g/mol. The van der Waals surface area contributed by atoms with Gasteiger partial charge in [-0.1, -0.05) is 18.2 Å². The average Bonchev–Trinajstić information content (AvgIpc) is 2.88. The van der Waals surface area contributed by atoms with E-state index >= 15 is 0 Å². The Labute approximate surface area is 209 Å². The Balaban J connectivity index is 1.30. The molecule has 3 heterocycles. The van der Waals surface area contributed by atoms with E-state index in [-0.39, 0.29) is 19.5 Å². The van der Waals surface area contributed by atoms with Gasteiger partial charge >= 0.3 is 5.97 Å². The first-order chi connectivity index (χ1) is 17.5. The number of carboxylic acids is 1. The Bertz CT molecular complexity index is 1160. The number of halogens is 2. The molecule has 1 aliphatic rings. The van der Waals surface area contributed by atoms with Crippen LogP contribution in [0.25, 0.3) is 10.9 Å². The van der Waals surface area contributed by atoms with Crippen molar-refractivity contribution in [3.8, 4) is 0 Å². The van der Waals surface area contributed by atoms with Gasteiger partial charge in [0.1, 0.15) is 24.0 Å². The number of hydrogen-bond donors (Lipinski definition) is 3. The van der Waals surface area contributed by atoms with E-state index in [4.69, 9.17) is 4.98 Å². The summed E-state index contributed by atoms with van der Waals surface area (Å²) in [7, 11) is 0. The number of anilines is 2. The minimum atomic E-state index is -2.49. The number of pyridine rings is 1. The minimum Gasteiger partial charge on any atom is -0.480 e. The summed E-state index contributed by atoms with van der Waals surface area (Å²) in [6.07, 6.45) is 3.52. The zero-order chi connectivity index (χ0) is 25.3. The van der Waals surface area contributed by atoms with Crippen LogP contribution >= 0.6 is 0 Å². The molecule has 8 nitrogen and oxygen atoms in total. The number of aromatic nitrogens is 3. The van der Waals surface area contributed by atoms with Crippen LogP contribution in [0.4, 0.5) is 20.4 Å². The SMILES string of the molecule is O=C(O)[C@H](CCN(CCCCc1ccc2c(n1)NCCC2)CC(F)F)Nc1ncnc2ccccc12. The van der Waals surface area contributed by atoms with Crippen molar-refractivity contribution in [3.63, 3.8) is 0 Å². The van der Waals surface area contributed by atoms with E-state index in [0.717, 1.165) is 50.2 Å². The number of aliphatic carboxylic acids is 1. The molecular formula is C26H32F2N6O2. The van der Waals surface area contributed by atoms with Crippen LogP contribution in [0.3, 0.4) is 0 Å². The third-order valence-electron chi connectivity index (χ3n) is 6.39. The van der Waals surface area contributed by atoms with E-state index in [2.05, 4.69) is 26.7 Å². The minimum absolute atomic E-state index is 0.165. The number of para-hydroxylation sites is 1. The van der Waals surface area contributed by atoms with Gasteiger partial charge in [0.05, 0.1) is 12.1 Å². The van der Waals surface area contributed by atoms with Gasteiger partial charge in [-0.25, -0.2) is 28.5 Å². The summed E-state index contributed by atoms with van der Waals surface area (Å²) in [5.74, 6) is 0.323. The molecule has 0 saturated carbocycles.